The monoisotopic (exact) mass is 737 g/mol. The normalized spacial score (nSPS) is 12.1. The molecule has 0 unspecified atom stereocenters. The fourth-order valence-corrected chi connectivity index (χ4v) is 6.75. The summed E-state index contributed by atoms with van der Waals surface area (Å²) in [6.45, 7) is 11.3. The third-order valence-electron chi connectivity index (χ3n) is 10.2. The van der Waals surface area contributed by atoms with Crippen LogP contribution in [0.4, 0.5) is 0 Å². The Bertz CT molecular complexity index is 794. The number of esters is 3. The molecule has 0 saturated carbocycles. The zero-order valence-electron chi connectivity index (χ0n) is 35.4. The first-order valence-electron chi connectivity index (χ1n) is 22.7. The quantitative estimate of drug-likeness (QED) is 0.0354. The molecule has 0 amide bonds. The standard InChI is InChI=1S/C46H88O6/c1-6-7-8-9-10-15-21-26-31-36-44(47)50-39-43(52-46(49)38-33-28-23-18-20-25-30-35-42(4)5)40-51-45(48)37-32-27-22-17-14-12-11-13-16-19-24-29-34-41(2)3/h41-43H,6-40H2,1-5H3/t43-/m1/s1. The van der Waals surface area contributed by atoms with Crippen LogP contribution < -0.4 is 0 Å². The van der Waals surface area contributed by atoms with Gasteiger partial charge in [0.2, 0.25) is 0 Å². The molecule has 0 aromatic carbocycles. The predicted molar refractivity (Wildman–Crippen MR) is 220 cm³/mol. The number of carbonyl (C=O) groups is 3. The lowest BCUT2D eigenvalue weighted by Gasteiger charge is -2.18. The van der Waals surface area contributed by atoms with E-state index in [1.54, 1.807) is 0 Å². The Morgan fingerprint density at radius 2 is 0.635 bits per heavy atom. The highest BCUT2D eigenvalue weighted by Gasteiger charge is 2.19. The average Bonchev–Trinajstić information content (AvgIpc) is 3.11. The van der Waals surface area contributed by atoms with E-state index in [1.165, 1.54) is 135 Å². The van der Waals surface area contributed by atoms with Crippen molar-refractivity contribution in [3.8, 4) is 0 Å². The fraction of sp³-hybridized carbons (Fsp3) is 0.935. The molecule has 308 valence electrons. The molecule has 0 aliphatic heterocycles. The minimum atomic E-state index is -0.760. The van der Waals surface area contributed by atoms with Crippen molar-refractivity contribution in [1.82, 2.24) is 0 Å². The number of hydrogen-bond donors (Lipinski definition) is 0. The molecular formula is C46H88O6. The summed E-state index contributed by atoms with van der Waals surface area (Å²) in [6, 6.07) is 0. The number of hydrogen-bond acceptors (Lipinski definition) is 6. The smallest absolute Gasteiger partial charge is 0.306 e. The average molecular weight is 737 g/mol. The Kier molecular flexibility index (Phi) is 37.9. The zero-order chi connectivity index (χ0) is 38.3. The molecule has 0 aliphatic carbocycles. The van der Waals surface area contributed by atoms with E-state index in [0.29, 0.717) is 19.3 Å². The third kappa shape index (κ3) is 39.6. The van der Waals surface area contributed by atoms with Crippen LogP contribution in [0.5, 0.6) is 0 Å². The number of rotatable bonds is 40. The Morgan fingerprint density at radius 3 is 0.942 bits per heavy atom. The van der Waals surface area contributed by atoms with Crippen molar-refractivity contribution in [2.45, 2.75) is 253 Å². The summed E-state index contributed by atoms with van der Waals surface area (Å²) >= 11 is 0. The van der Waals surface area contributed by atoms with Crippen LogP contribution in [0.2, 0.25) is 0 Å². The van der Waals surface area contributed by atoms with Crippen molar-refractivity contribution in [2.75, 3.05) is 13.2 Å². The Balaban J connectivity index is 4.28. The lowest BCUT2D eigenvalue weighted by Crippen LogP contribution is -2.30. The van der Waals surface area contributed by atoms with E-state index >= 15 is 0 Å². The van der Waals surface area contributed by atoms with Gasteiger partial charge in [0.05, 0.1) is 0 Å². The van der Waals surface area contributed by atoms with Gasteiger partial charge in [-0.15, -0.1) is 0 Å². The molecule has 6 nitrogen and oxygen atoms in total. The second kappa shape index (κ2) is 39.1. The van der Waals surface area contributed by atoms with Crippen molar-refractivity contribution in [1.29, 1.82) is 0 Å². The molecule has 0 bridgehead atoms. The Labute approximate surface area is 323 Å². The summed E-state index contributed by atoms with van der Waals surface area (Å²) in [5.74, 6) is 0.749. The van der Waals surface area contributed by atoms with Gasteiger partial charge in [-0.3, -0.25) is 14.4 Å². The van der Waals surface area contributed by atoms with Crippen LogP contribution in [0.3, 0.4) is 0 Å². The number of ether oxygens (including phenoxy) is 3. The van der Waals surface area contributed by atoms with E-state index in [0.717, 1.165) is 69.6 Å². The van der Waals surface area contributed by atoms with Gasteiger partial charge in [-0.05, 0) is 31.1 Å². The largest absolute Gasteiger partial charge is 0.462 e. The lowest BCUT2D eigenvalue weighted by molar-refractivity contribution is -0.167. The first kappa shape index (κ1) is 50.4. The molecule has 0 N–H and O–H groups in total. The molecule has 0 spiro atoms. The number of carbonyl (C=O) groups excluding carboxylic acids is 3. The Morgan fingerprint density at radius 1 is 0.365 bits per heavy atom. The van der Waals surface area contributed by atoms with E-state index in [4.69, 9.17) is 14.2 Å². The maximum absolute atomic E-state index is 12.7. The minimum absolute atomic E-state index is 0.0655. The predicted octanol–water partition coefficient (Wildman–Crippen LogP) is 14.2. The van der Waals surface area contributed by atoms with E-state index in [1.807, 2.05) is 0 Å². The summed E-state index contributed by atoms with van der Waals surface area (Å²) in [7, 11) is 0. The summed E-state index contributed by atoms with van der Waals surface area (Å²) in [5, 5.41) is 0. The fourth-order valence-electron chi connectivity index (χ4n) is 6.75. The van der Waals surface area contributed by atoms with Crippen molar-refractivity contribution >= 4 is 17.9 Å². The minimum Gasteiger partial charge on any atom is -0.462 e. The van der Waals surface area contributed by atoms with Crippen molar-refractivity contribution in [3.05, 3.63) is 0 Å². The molecule has 6 heteroatoms. The van der Waals surface area contributed by atoms with E-state index in [9.17, 15) is 14.4 Å². The molecule has 0 radical (unpaired) electrons. The van der Waals surface area contributed by atoms with Gasteiger partial charge < -0.3 is 14.2 Å². The van der Waals surface area contributed by atoms with Gasteiger partial charge in [0.1, 0.15) is 13.2 Å². The van der Waals surface area contributed by atoms with Gasteiger partial charge in [-0.2, -0.15) is 0 Å². The SMILES string of the molecule is CCCCCCCCCCCC(=O)OC[C@H](COC(=O)CCCCCCCCCCCCCCC(C)C)OC(=O)CCCCCCCCCC(C)C. The van der Waals surface area contributed by atoms with E-state index in [-0.39, 0.29) is 31.1 Å². The van der Waals surface area contributed by atoms with Crippen molar-refractivity contribution in [2.24, 2.45) is 11.8 Å². The molecule has 0 aromatic rings. The van der Waals surface area contributed by atoms with Crippen molar-refractivity contribution in [3.63, 3.8) is 0 Å². The van der Waals surface area contributed by atoms with E-state index < -0.39 is 6.10 Å². The van der Waals surface area contributed by atoms with Gasteiger partial charge >= 0.3 is 17.9 Å². The summed E-state index contributed by atoms with van der Waals surface area (Å²) in [6.07, 6.45) is 36.7. The molecule has 0 fully saturated rings. The number of unbranched alkanes of at least 4 members (excludes halogenated alkanes) is 25. The highest BCUT2D eigenvalue weighted by molar-refractivity contribution is 5.71. The van der Waals surface area contributed by atoms with Gasteiger partial charge in [0.25, 0.3) is 0 Å². The third-order valence-corrected chi connectivity index (χ3v) is 10.2. The molecule has 1 atom stereocenters. The molecule has 52 heavy (non-hydrogen) atoms. The van der Waals surface area contributed by atoms with Gasteiger partial charge in [0.15, 0.2) is 6.10 Å². The maximum atomic E-state index is 12.7. The second-order valence-corrected chi connectivity index (χ2v) is 16.6. The topological polar surface area (TPSA) is 78.9 Å². The van der Waals surface area contributed by atoms with Crippen LogP contribution in [0.25, 0.3) is 0 Å². The first-order chi connectivity index (χ1) is 25.2. The molecular weight excluding hydrogens is 649 g/mol. The summed E-state index contributed by atoms with van der Waals surface area (Å²) in [5.41, 5.74) is 0. The molecule has 0 rings (SSSR count). The zero-order valence-corrected chi connectivity index (χ0v) is 35.4. The summed E-state index contributed by atoms with van der Waals surface area (Å²) in [4.78, 5) is 37.6. The molecule has 0 heterocycles. The van der Waals surface area contributed by atoms with Crippen LogP contribution in [-0.4, -0.2) is 37.2 Å². The van der Waals surface area contributed by atoms with Crippen LogP contribution in [0, 0.1) is 11.8 Å². The highest BCUT2D eigenvalue weighted by atomic mass is 16.6. The lowest BCUT2D eigenvalue weighted by atomic mass is 10.0. The second-order valence-electron chi connectivity index (χ2n) is 16.6. The van der Waals surface area contributed by atoms with Gasteiger partial charge in [0, 0.05) is 19.3 Å². The first-order valence-corrected chi connectivity index (χ1v) is 22.7. The van der Waals surface area contributed by atoms with Crippen molar-refractivity contribution < 1.29 is 28.6 Å². The van der Waals surface area contributed by atoms with E-state index in [2.05, 4.69) is 34.6 Å². The Hall–Kier alpha value is -1.59. The van der Waals surface area contributed by atoms with Crippen LogP contribution in [0.1, 0.15) is 247 Å². The van der Waals surface area contributed by atoms with Gasteiger partial charge in [-0.1, -0.05) is 208 Å². The molecule has 0 aromatic heterocycles. The molecule has 0 aliphatic rings. The highest BCUT2D eigenvalue weighted by Crippen LogP contribution is 2.16. The van der Waals surface area contributed by atoms with Crippen LogP contribution in [0.15, 0.2) is 0 Å². The molecule has 0 saturated heterocycles. The van der Waals surface area contributed by atoms with Gasteiger partial charge in [-0.25, -0.2) is 0 Å². The summed E-state index contributed by atoms with van der Waals surface area (Å²) < 4.78 is 16.7. The maximum Gasteiger partial charge on any atom is 0.306 e. The van der Waals surface area contributed by atoms with Crippen LogP contribution in [-0.2, 0) is 28.6 Å². The van der Waals surface area contributed by atoms with Crippen LogP contribution >= 0.6 is 0 Å².